The van der Waals surface area contributed by atoms with E-state index in [4.69, 9.17) is 0 Å². The molecule has 8 heteroatoms. The van der Waals surface area contributed by atoms with Gasteiger partial charge in [0, 0.05) is 31.0 Å². The third kappa shape index (κ3) is 7.48. The molecule has 6 nitrogen and oxygen atoms in total. The van der Waals surface area contributed by atoms with E-state index in [1.807, 2.05) is 12.1 Å². The summed E-state index contributed by atoms with van der Waals surface area (Å²) in [6.45, 7) is 1.83. The molecule has 1 aliphatic heterocycles. The fourth-order valence-corrected chi connectivity index (χ4v) is 5.12. The fourth-order valence-electron chi connectivity index (χ4n) is 5.12. The number of anilines is 3. The first kappa shape index (κ1) is 27.8. The van der Waals surface area contributed by atoms with Crippen LogP contribution in [0.25, 0.3) is 0 Å². The van der Waals surface area contributed by atoms with Crippen LogP contribution < -0.4 is 20.9 Å². The highest BCUT2D eigenvalue weighted by atomic mass is 19.1. The number of carbonyl (C=O) groups excluding carboxylic acids is 2. The van der Waals surface area contributed by atoms with Crippen LogP contribution in [0.15, 0.2) is 97.1 Å². The first-order valence-corrected chi connectivity index (χ1v) is 13.7. The predicted molar refractivity (Wildman–Crippen MR) is 158 cm³/mol. The maximum absolute atomic E-state index is 14.0. The highest BCUT2D eigenvalue weighted by molar-refractivity contribution is 6.04. The third-order valence-electron chi connectivity index (χ3n) is 7.31. The average molecular weight is 555 g/mol. The number of piperidine rings is 1. The lowest BCUT2D eigenvalue weighted by Crippen LogP contribution is -2.36. The number of hydrogen-bond donors (Lipinski definition) is 3. The number of halogens is 2. The van der Waals surface area contributed by atoms with Gasteiger partial charge in [-0.1, -0.05) is 54.6 Å². The molecule has 41 heavy (non-hydrogen) atoms. The van der Waals surface area contributed by atoms with E-state index in [9.17, 15) is 18.4 Å². The molecule has 0 radical (unpaired) electrons. The van der Waals surface area contributed by atoms with Gasteiger partial charge in [-0.2, -0.15) is 0 Å². The Balaban J connectivity index is 1.31. The molecule has 1 aliphatic rings. The normalized spacial score (nSPS) is 13.5. The van der Waals surface area contributed by atoms with Crippen LogP contribution in [-0.2, 0) is 13.0 Å². The molecule has 1 heterocycles. The molecule has 0 aliphatic carbocycles. The van der Waals surface area contributed by atoms with Crippen LogP contribution in [0.5, 0.6) is 0 Å². The predicted octanol–water partition coefficient (Wildman–Crippen LogP) is 7.00. The van der Waals surface area contributed by atoms with Gasteiger partial charge in [-0.3, -0.25) is 4.79 Å². The molecule has 210 valence electrons. The lowest BCUT2D eigenvalue weighted by Gasteiger charge is -2.35. The second kappa shape index (κ2) is 13.1. The minimum absolute atomic E-state index is 0.0530. The molecule has 1 saturated heterocycles. The number of para-hydroxylation sites is 1. The number of hydrogen-bond acceptors (Lipinski definition) is 3. The number of benzene rings is 4. The van der Waals surface area contributed by atoms with Crippen molar-refractivity contribution in [2.75, 3.05) is 28.6 Å². The smallest absolute Gasteiger partial charge is 0.323 e. The van der Waals surface area contributed by atoms with Crippen LogP contribution in [0.3, 0.4) is 0 Å². The van der Waals surface area contributed by atoms with Gasteiger partial charge in [0.2, 0.25) is 0 Å². The van der Waals surface area contributed by atoms with Crippen molar-refractivity contribution in [2.45, 2.75) is 25.8 Å². The van der Waals surface area contributed by atoms with Gasteiger partial charge in [0.15, 0.2) is 0 Å². The number of urea groups is 1. The summed E-state index contributed by atoms with van der Waals surface area (Å²) in [6.07, 6.45) is 3.02. The molecule has 3 N–H and O–H groups in total. The molecular weight excluding hydrogens is 522 g/mol. The zero-order valence-electron chi connectivity index (χ0n) is 22.6. The summed E-state index contributed by atoms with van der Waals surface area (Å²) in [5.41, 5.74) is 3.74. The summed E-state index contributed by atoms with van der Waals surface area (Å²) < 4.78 is 27.3. The van der Waals surface area contributed by atoms with Gasteiger partial charge in [-0.05, 0) is 78.8 Å². The van der Waals surface area contributed by atoms with E-state index < -0.39 is 11.8 Å². The Morgan fingerprint density at radius 3 is 2.22 bits per heavy atom. The van der Waals surface area contributed by atoms with Crippen molar-refractivity contribution < 1.29 is 18.4 Å². The molecule has 5 rings (SSSR count). The number of amides is 3. The van der Waals surface area contributed by atoms with Crippen LogP contribution >= 0.6 is 0 Å². The van der Waals surface area contributed by atoms with Gasteiger partial charge >= 0.3 is 6.03 Å². The number of nitrogens with one attached hydrogen (secondary N) is 3. The summed E-state index contributed by atoms with van der Waals surface area (Å²) in [4.78, 5) is 28.2. The minimum atomic E-state index is -0.623. The van der Waals surface area contributed by atoms with Gasteiger partial charge in [0.1, 0.15) is 11.6 Å². The quantitative estimate of drug-likeness (QED) is 0.220. The van der Waals surface area contributed by atoms with Crippen molar-refractivity contribution in [1.82, 2.24) is 5.32 Å². The van der Waals surface area contributed by atoms with Crippen molar-refractivity contribution in [3.8, 4) is 0 Å². The second-order valence-corrected chi connectivity index (χ2v) is 10.2. The summed E-state index contributed by atoms with van der Waals surface area (Å²) in [5, 5.41) is 8.11. The SMILES string of the molecule is O=C(Nc1ccc(N2CCC(Cc3ccccc3)CC2)c(C(=O)NCc2ccc(F)cc2)c1)Nc1ccccc1F. The molecule has 0 unspecified atom stereocenters. The van der Waals surface area contributed by atoms with Crippen LogP contribution in [0, 0.1) is 17.6 Å². The average Bonchev–Trinajstić information content (AvgIpc) is 2.99. The van der Waals surface area contributed by atoms with E-state index in [-0.39, 0.29) is 24.0 Å². The lowest BCUT2D eigenvalue weighted by molar-refractivity contribution is 0.0951. The van der Waals surface area contributed by atoms with Gasteiger partial charge in [-0.25, -0.2) is 13.6 Å². The standard InChI is InChI=1S/C33H32F2N4O2/c34-26-12-10-25(11-13-26)22-36-32(40)28-21-27(37-33(41)38-30-9-5-4-8-29(30)35)14-15-31(28)39-18-16-24(17-19-39)20-23-6-2-1-3-7-23/h1-15,21,24H,16-20,22H2,(H,36,40)(H2,37,38,41). The van der Waals surface area contributed by atoms with Crippen molar-refractivity contribution in [1.29, 1.82) is 0 Å². The van der Waals surface area contributed by atoms with E-state index in [0.717, 1.165) is 43.6 Å². The molecule has 0 saturated carbocycles. The first-order valence-electron chi connectivity index (χ1n) is 13.7. The van der Waals surface area contributed by atoms with Crippen molar-refractivity contribution in [2.24, 2.45) is 5.92 Å². The summed E-state index contributed by atoms with van der Waals surface area (Å²) >= 11 is 0. The third-order valence-corrected chi connectivity index (χ3v) is 7.31. The largest absolute Gasteiger partial charge is 0.371 e. The molecule has 3 amide bonds. The van der Waals surface area contributed by atoms with E-state index in [2.05, 4.69) is 45.1 Å². The lowest BCUT2D eigenvalue weighted by atomic mass is 9.89. The Morgan fingerprint density at radius 2 is 1.49 bits per heavy atom. The van der Waals surface area contributed by atoms with Crippen LogP contribution in [0.4, 0.5) is 30.6 Å². The summed E-state index contributed by atoms with van der Waals surface area (Å²) in [6, 6.07) is 26.9. The highest BCUT2D eigenvalue weighted by Gasteiger charge is 2.24. The molecule has 4 aromatic rings. The monoisotopic (exact) mass is 554 g/mol. The molecule has 4 aromatic carbocycles. The zero-order valence-corrected chi connectivity index (χ0v) is 22.6. The number of nitrogens with zero attached hydrogens (tertiary/aromatic N) is 1. The second-order valence-electron chi connectivity index (χ2n) is 10.2. The Morgan fingerprint density at radius 1 is 0.780 bits per heavy atom. The Hall–Kier alpha value is -4.72. The van der Waals surface area contributed by atoms with Crippen LogP contribution in [0.1, 0.15) is 34.3 Å². The molecule has 0 bridgehead atoms. The van der Waals surface area contributed by atoms with E-state index in [0.29, 0.717) is 17.2 Å². The molecule has 1 fully saturated rings. The maximum Gasteiger partial charge on any atom is 0.323 e. The Kier molecular flexibility index (Phi) is 8.89. The topological polar surface area (TPSA) is 73.5 Å². The minimum Gasteiger partial charge on any atom is -0.371 e. The molecule has 0 atom stereocenters. The Bertz CT molecular complexity index is 1490. The van der Waals surface area contributed by atoms with Crippen LogP contribution in [0.2, 0.25) is 0 Å². The summed E-state index contributed by atoms with van der Waals surface area (Å²) in [7, 11) is 0. The number of rotatable bonds is 8. The van der Waals surface area contributed by atoms with E-state index in [1.54, 1.807) is 36.4 Å². The highest BCUT2D eigenvalue weighted by Crippen LogP contribution is 2.30. The maximum atomic E-state index is 14.0. The zero-order chi connectivity index (χ0) is 28.6. The van der Waals surface area contributed by atoms with Crippen molar-refractivity contribution in [3.63, 3.8) is 0 Å². The molecule has 0 spiro atoms. The van der Waals surface area contributed by atoms with E-state index >= 15 is 0 Å². The number of carbonyl (C=O) groups is 2. The molecule has 0 aromatic heterocycles. The van der Waals surface area contributed by atoms with Gasteiger partial charge in [0.25, 0.3) is 5.91 Å². The van der Waals surface area contributed by atoms with Crippen molar-refractivity contribution >= 4 is 29.0 Å². The van der Waals surface area contributed by atoms with Gasteiger partial charge in [0.05, 0.1) is 11.3 Å². The van der Waals surface area contributed by atoms with Crippen molar-refractivity contribution in [3.05, 3.63) is 125 Å². The summed E-state index contributed by atoms with van der Waals surface area (Å²) in [5.74, 6) is -0.638. The fraction of sp³-hybridized carbons (Fsp3) is 0.212. The van der Waals surface area contributed by atoms with Gasteiger partial charge in [-0.15, -0.1) is 0 Å². The van der Waals surface area contributed by atoms with Gasteiger partial charge < -0.3 is 20.9 Å². The van der Waals surface area contributed by atoms with Crippen LogP contribution in [-0.4, -0.2) is 25.0 Å². The molecular formula is C33H32F2N4O2. The van der Waals surface area contributed by atoms with E-state index in [1.165, 1.54) is 29.8 Å². The first-order chi connectivity index (χ1) is 19.9. The Labute approximate surface area is 238 Å².